The highest BCUT2D eigenvalue weighted by Gasteiger charge is 2.10. The zero-order valence-electron chi connectivity index (χ0n) is 10.3. The first-order valence-corrected chi connectivity index (χ1v) is 6.74. The van der Waals surface area contributed by atoms with E-state index in [1.807, 2.05) is 25.3 Å². The van der Waals surface area contributed by atoms with Crippen molar-refractivity contribution >= 4 is 22.9 Å². The van der Waals surface area contributed by atoms with Crippen molar-refractivity contribution in [2.45, 2.75) is 19.9 Å². The predicted octanol–water partition coefficient (Wildman–Crippen LogP) is 3.27. The molecule has 0 fully saturated rings. The molecule has 3 aromatic rings. The zero-order chi connectivity index (χ0) is 12.5. The second-order valence-electron chi connectivity index (χ2n) is 4.28. The Morgan fingerprint density at radius 2 is 2.22 bits per heavy atom. The van der Waals surface area contributed by atoms with Crippen molar-refractivity contribution in [3.8, 4) is 0 Å². The van der Waals surface area contributed by atoms with E-state index in [2.05, 4.69) is 39.8 Å². The van der Waals surface area contributed by atoms with E-state index >= 15 is 0 Å². The summed E-state index contributed by atoms with van der Waals surface area (Å²) in [7, 11) is 0. The van der Waals surface area contributed by atoms with Crippen LogP contribution in [0.1, 0.15) is 23.4 Å². The van der Waals surface area contributed by atoms with Crippen LogP contribution in [0.2, 0.25) is 0 Å². The first-order valence-electron chi connectivity index (χ1n) is 5.86. The van der Waals surface area contributed by atoms with Gasteiger partial charge in [0.05, 0.1) is 6.04 Å². The van der Waals surface area contributed by atoms with Crippen LogP contribution in [0.3, 0.4) is 0 Å². The molecule has 18 heavy (non-hydrogen) atoms. The van der Waals surface area contributed by atoms with E-state index in [0.717, 1.165) is 11.2 Å². The van der Waals surface area contributed by atoms with Crippen molar-refractivity contribution in [3.63, 3.8) is 0 Å². The quantitative estimate of drug-likeness (QED) is 0.784. The van der Waals surface area contributed by atoms with Crippen LogP contribution in [-0.4, -0.2) is 14.6 Å². The number of nitrogens with one attached hydrogen (secondary N) is 1. The molecule has 92 valence electrons. The van der Waals surface area contributed by atoms with Crippen LogP contribution in [0, 0.1) is 6.92 Å². The molecule has 0 aliphatic heterocycles. The van der Waals surface area contributed by atoms with Gasteiger partial charge in [0, 0.05) is 11.1 Å². The molecule has 3 heterocycles. The number of pyridine rings is 1. The van der Waals surface area contributed by atoms with Gasteiger partial charge in [-0.1, -0.05) is 12.1 Å². The molecule has 1 unspecified atom stereocenters. The molecule has 0 amide bonds. The maximum Gasteiger partial charge on any atom is 0.243 e. The van der Waals surface area contributed by atoms with Gasteiger partial charge in [-0.05, 0) is 36.9 Å². The molecule has 4 nitrogen and oxygen atoms in total. The number of anilines is 1. The molecule has 1 N–H and O–H groups in total. The Morgan fingerprint density at radius 3 is 2.94 bits per heavy atom. The molecule has 5 heteroatoms. The van der Waals surface area contributed by atoms with Crippen LogP contribution < -0.4 is 5.32 Å². The maximum absolute atomic E-state index is 4.51. The van der Waals surface area contributed by atoms with Crippen molar-refractivity contribution in [1.29, 1.82) is 0 Å². The summed E-state index contributed by atoms with van der Waals surface area (Å²) in [5.41, 5.74) is 2.03. The zero-order valence-corrected chi connectivity index (χ0v) is 11.1. The highest BCUT2D eigenvalue weighted by molar-refractivity contribution is 7.10. The minimum atomic E-state index is 0.225. The number of nitrogens with zero attached hydrogens (tertiary/aromatic N) is 3. The average molecular weight is 258 g/mol. The number of hydrogen-bond acceptors (Lipinski definition) is 4. The topological polar surface area (TPSA) is 42.2 Å². The van der Waals surface area contributed by atoms with Crippen molar-refractivity contribution in [2.75, 3.05) is 5.32 Å². The van der Waals surface area contributed by atoms with Crippen LogP contribution >= 0.6 is 11.3 Å². The number of aryl methyl sites for hydroxylation is 1. The number of thiophene rings is 1. The van der Waals surface area contributed by atoms with E-state index in [4.69, 9.17) is 0 Å². The van der Waals surface area contributed by atoms with E-state index in [1.54, 1.807) is 15.9 Å². The highest BCUT2D eigenvalue weighted by atomic mass is 32.1. The van der Waals surface area contributed by atoms with Gasteiger partial charge in [-0.15, -0.1) is 16.4 Å². The van der Waals surface area contributed by atoms with Gasteiger partial charge in [0.2, 0.25) is 5.95 Å². The van der Waals surface area contributed by atoms with Gasteiger partial charge >= 0.3 is 0 Å². The minimum Gasteiger partial charge on any atom is -0.346 e. The number of hydrogen-bond donors (Lipinski definition) is 1. The van der Waals surface area contributed by atoms with Crippen molar-refractivity contribution < 1.29 is 0 Å². The largest absolute Gasteiger partial charge is 0.346 e. The smallest absolute Gasteiger partial charge is 0.243 e. The lowest BCUT2D eigenvalue weighted by atomic mass is 10.3. The Kier molecular flexibility index (Phi) is 2.76. The molecule has 0 saturated carbocycles. The SMILES string of the molecule is Cc1cccn2nc(NC(C)c3cccs3)nc12. The summed E-state index contributed by atoms with van der Waals surface area (Å²) in [4.78, 5) is 5.79. The van der Waals surface area contributed by atoms with Crippen molar-refractivity contribution in [2.24, 2.45) is 0 Å². The van der Waals surface area contributed by atoms with Gasteiger partial charge in [0.1, 0.15) is 0 Å². The molecule has 0 saturated heterocycles. The first kappa shape index (κ1) is 11.2. The Morgan fingerprint density at radius 1 is 1.33 bits per heavy atom. The summed E-state index contributed by atoms with van der Waals surface area (Å²) in [5, 5.41) is 9.83. The van der Waals surface area contributed by atoms with Gasteiger partial charge in [-0.25, -0.2) is 4.52 Å². The molecule has 3 rings (SSSR count). The van der Waals surface area contributed by atoms with Gasteiger partial charge in [-0.2, -0.15) is 4.98 Å². The molecule has 0 aliphatic carbocycles. The fraction of sp³-hybridized carbons (Fsp3) is 0.231. The summed E-state index contributed by atoms with van der Waals surface area (Å²) in [6, 6.07) is 8.41. The van der Waals surface area contributed by atoms with Crippen LogP contribution in [0.15, 0.2) is 35.8 Å². The summed E-state index contributed by atoms with van der Waals surface area (Å²) in [6.07, 6.45) is 1.91. The summed E-state index contributed by atoms with van der Waals surface area (Å²) in [5.74, 6) is 0.671. The molecule has 0 radical (unpaired) electrons. The lowest BCUT2D eigenvalue weighted by Gasteiger charge is -2.09. The lowest BCUT2D eigenvalue weighted by Crippen LogP contribution is -2.06. The maximum atomic E-state index is 4.51. The third-order valence-electron chi connectivity index (χ3n) is 2.87. The van der Waals surface area contributed by atoms with Crippen LogP contribution in [0.25, 0.3) is 5.65 Å². The Labute approximate surface area is 109 Å². The molecular weight excluding hydrogens is 244 g/mol. The van der Waals surface area contributed by atoms with Gasteiger partial charge in [0.25, 0.3) is 0 Å². The number of fused-ring (bicyclic) bond motifs is 1. The Balaban J connectivity index is 1.89. The lowest BCUT2D eigenvalue weighted by molar-refractivity contribution is 0.869. The Bertz CT molecular complexity index is 657. The molecular formula is C13H14N4S. The molecule has 0 bridgehead atoms. The third-order valence-corrected chi connectivity index (χ3v) is 3.93. The van der Waals surface area contributed by atoms with Crippen molar-refractivity contribution in [3.05, 3.63) is 46.3 Å². The van der Waals surface area contributed by atoms with Gasteiger partial charge in [-0.3, -0.25) is 0 Å². The molecule has 0 aromatic carbocycles. The normalized spacial score (nSPS) is 12.8. The summed E-state index contributed by atoms with van der Waals surface area (Å²) in [6.45, 7) is 4.15. The van der Waals surface area contributed by atoms with Crippen LogP contribution in [-0.2, 0) is 0 Å². The van der Waals surface area contributed by atoms with Gasteiger partial charge in [0.15, 0.2) is 5.65 Å². The van der Waals surface area contributed by atoms with E-state index in [9.17, 15) is 0 Å². The first-order chi connectivity index (χ1) is 8.74. The van der Waals surface area contributed by atoms with Crippen molar-refractivity contribution in [1.82, 2.24) is 14.6 Å². The third kappa shape index (κ3) is 1.97. The Hall–Kier alpha value is -1.88. The van der Waals surface area contributed by atoms with E-state index in [1.165, 1.54) is 4.88 Å². The minimum absolute atomic E-state index is 0.225. The highest BCUT2D eigenvalue weighted by Crippen LogP contribution is 2.22. The molecule has 1 atom stereocenters. The fourth-order valence-corrected chi connectivity index (χ4v) is 2.64. The standard InChI is InChI=1S/C13H14N4S/c1-9-5-3-7-17-12(9)15-13(16-17)14-10(2)11-6-4-8-18-11/h3-8,10H,1-2H3,(H,14,16). The summed E-state index contributed by atoms with van der Waals surface area (Å²) < 4.78 is 1.80. The number of aromatic nitrogens is 3. The predicted molar refractivity (Wildman–Crippen MR) is 74.1 cm³/mol. The monoisotopic (exact) mass is 258 g/mol. The van der Waals surface area contributed by atoms with E-state index in [-0.39, 0.29) is 6.04 Å². The second-order valence-corrected chi connectivity index (χ2v) is 5.26. The van der Waals surface area contributed by atoms with Crippen LogP contribution in [0.5, 0.6) is 0 Å². The summed E-state index contributed by atoms with van der Waals surface area (Å²) >= 11 is 1.74. The molecule has 0 aliphatic rings. The van der Waals surface area contributed by atoms with E-state index < -0.39 is 0 Å². The molecule has 3 aromatic heterocycles. The fourth-order valence-electron chi connectivity index (χ4n) is 1.90. The second kappa shape index (κ2) is 4.42. The van der Waals surface area contributed by atoms with Gasteiger partial charge < -0.3 is 5.32 Å². The average Bonchev–Trinajstić information content (AvgIpc) is 2.97. The number of rotatable bonds is 3. The van der Waals surface area contributed by atoms with E-state index in [0.29, 0.717) is 5.95 Å². The molecule has 0 spiro atoms. The van der Waals surface area contributed by atoms with Crippen LogP contribution in [0.4, 0.5) is 5.95 Å².